The molecule has 0 aliphatic carbocycles. The van der Waals surface area contributed by atoms with E-state index < -0.39 is 27.9 Å². The summed E-state index contributed by atoms with van der Waals surface area (Å²) < 4.78 is 70.1. The number of esters is 1. The highest BCUT2D eigenvalue weighted by Gasteiger charge is 2.31. The summed E-state index contributed by atoms with van der Waals surface area (Å²) in [6.07, 6.45) is -2.37. The predicted octanol–water partition coefficient (Wildman–Crippen LogP) is 3.63. The van der Waals surface area contributed by atoms with E-state index in [1.54, 1.807) is 0 Å². The maximum Gasteiger partial charge on any atom is 0.573 e. The van der Waals surface area contributed by atoms with Crippen molar-refractivity contribution >= 4 is 15.8 Å². The zero-order chi connectivity index (χ0) is 22.1. The number of rotatable bonds is 5. The van der Waals surface area contributed by atoms with Gasteiger partial charge < -0.3 is 9.47 Å². The van der Waals surface area contributed by atoms with E-state index >= 15 is 0 Å². The van der Waals surface area contributed by atoms with Crippen molar-refractivity contribution in [1.29, 1.82) is 0 Å². The fraction of sp³-hybridized carbons (Fsp3) is 0.158. The molecule has 7 nitrogen and oxygen atoms in total. The van der Waals surface area contributed by atoms with E-state index in [0.29, 0.717) is 11.3 Å². The Morgan fingerprint density at radius 1 is 1.03 bits per heavy atom. The van der Waals surface area contributed by atoms with Crippen molar-refractivity contribution in [3.8, 4) is 22.7 Å². The maximum atomic E-state index is 12.3. The largest absolute Gasteiger partial charge is 0.573 e. The zero-order valence-electron chi connectivity index (χ0n) is 15.7. The summed E-state index contributed by atoms with van der Waals surface area (Å²) >= 11 is 0. The van der Waals surface area contributed by atoms with E-state index in [2.05, 4.69) is 9.84 Å². The lowest BCUT2D eigenvalue weighted by atomic mass is 10.1. The maximum absolute atomic E-state index is 12.3. The minimum absolute atomic E-state index is 0.0974. The molecule has 0 atom stereocenters. The van der Waals surface area contributed by atoms with Gasteiger partial charge in [0.05, 0.1) is 17.7 Å². The van der Waals surface area contributed by atoms with Gasteiger partial charge in [-0.05, 0) is 36.4 Å². The predicted molar refractivity (Wildman–Crippen MR) is 100 cm³/mol. The van der Waals surface area contributed by atoms with Gasteiger partial charge in [-0.2, -0.15) is 5.10 Å². The Labute approximate surface area is 169 Å². The molecule has 0 saturated carbocycles. The topological polar surface area (TPSA) is 87.5 Å². The lowest BCUT2D eigenvalue weighted by molar-refractivity contribution is -0.274. The van der Waals surface area contributed by atoms with E-state index in [0.717, 1.165) is 18.4 Å². The van der Waals surface area contributed by atoms with Crippen molar-refractivity contribution in [3.05, 3.63) is 60.3 Å². The highest BCUT2D eigenvalue weighted by atomic mass is 32.2. The molecule has 0 aliphatic heterocycles. The van der Waals surface area contributed by atoms with Gasteiger partial charge in [0.25, 0.3) is 0 Å². The van der Waals surface area contributed by atoms with Gasteiger partial charge >= 0.3 is 12.3 Å². The molecule has 0 N–H and O–H groups in total. The molecule has 2 aromatic carbocycles. The van der Waals surface area contributed by atoms with Crippen LogP contribution in [0.4, 0.5) is 13.2 Å². The summed E-state index contributed by atoms with van der Waals surface area (Å²) in [5, 5.41) is 4.32. The van der Waals surface area contributed by atoms with E-state index in [1.807, 2.05) is 0 Å². The fourth-order valence-electron chi connectivity index (χ4n) is 2.64. The molecule has 1 heterocycles. The number of sulfone groups is 1. The van der Waals surface area contributed by atoms with Crippen molar-refractivity contribution in [1.82, 2.24) is 9.78 Å². The quantitative estimate of drug-likeness (QED) is 0.563. The Hall–Kier alpha value is -3.34. The second-order valence-corrected chi connectivity index (χ2v) is 8.18. The van der Waals surface area contributed by atoms with Gasteiger partial charge in [-0.1, -0.05) is 12.1 Å². The summed E-state index contributed by atoms with van der Waals surface area (Å²) in [5.41, 5.74) is 1.14. The number of nitrogens with zero attached hydrogens (tertiary/aromatic N) is 2. The third-order valence-electron chi connectivity index (χ3n) is 4.01. The van der Waals surface area contributed by atoms with E-state index in [4.69, 9.17) is 4.74 Å². The summed E-state index contributed by atoms with van der Waals surface area (Å²) in [4.78, 5) is 12.3. The summed E-state index contributed by atoms with van der Waals surface area (Å²) in [6.45, 7) is 0. The van der Waals surface area contributed by atoms with Gasteiger partial charge in [-0.3, -0.25) is 0 Å². The average Bonchev–Trinajstić information content (AvgIpc) is 3.11. The van der Waals surface area contributed by atoms with E-state index in [1.165, 1.54) is 54.4 Å². The van der Waals surface area contributed by atoms with Crippen molar-refractivity contribution < 1.29 is 35.9 Å². The molecule has 3 rings (SSSR count). The first-order chi connectivity index (χ1) is 14.0. The van der Waals surface area contributed by atoms with Crippen molar-refractivity contribution in [3.63, 3.8) is 0 Å². The first-order valence-corrected chi connectivity index (χ1v) is 10.2. The number of alkyl halides is 3. The molecule has 1 aromatic heterocycles. The number of methoxy groups -OCH3 is 1. The fourth-order valence-corrected chi connectivity index (χ4v) is 3.27. The molecule has 158 valence electrons. The number of aromatic nitrogens is 2. The van der Waals surface area contributed by atoms with Crippen LogP contribution in [0.2, 0.25) is 0 Å². The summed E-state index contributed by atoms with van der Waals surface area (Å²) in [7, 11) is -2.20. The molecule has 0 fully saturated rings. The van der Waals surface area contributed by atoms with Gasteiger partial charge in [-0.25, -0.2) is 17.9 Å². The lowest BCUT2D eigenvalue weighted by Crippen LogP contribution is -2.17. The molecular formula is C19H15F3N2O5S. The first-order valence-electron chi connectivity index (χ1n) is 8.32. The van der Waals surface area contributed by atoms with E-state index in [-0.39, 0.29) is 16.2 Å². The van der Waals surface area contributed by atoms with Gasteiger partial charge in [0.15, 0.2) is 9.84 Å². The number of ether oxygens (including phenoxy) is 2. The number of benzene rings is 2. The van der Waals surface area contributed by atoms with Crippen molar-refractivity contribution in [2.45, 2.75) is 11.3 Å². The molecule has 0 bridgehead atoms. The first kappa shape index (κ1) is 21.4. The minimum Gasteiger partial charge on any atom is -0.465 e. The van der Waals surface area contributed by atoms with Crippen LogP contribution in [0.5, 0.6) is 5.75 Å². The molecule has 0 unspecified atom stereocenters. The zero-order valence-corrected chi connectivity index (χ0v) is 16.5. The molecular weight excluding hydrogens is 425 g/mol. The molecule has 11 heteroatoms. The van der Waals surface area contributed by atoms with Crippen LogP contribution < -0.4 is 4.74 Å². The van der Waals surface area contributed by atoms with Crippen LogP contribution in [-0.4, -0.2) is 43.9 Å². The lowest BCUT2D eigenvalue weighted by Gasteiger charge is -2.09. The Balaban J connectivity index is 2.00. The molecule has 0 aliphatic rings. The third-order valence-corrected chi connectivity index (χ3v) is 5.14. The van der Waals surface area contributed by atoms with Crippen LogP contribution >= 0.6 is 0 Å². The molecule has 0 spiro atoms. The summed E-state index contributed by atoms with van der Waals surface area (Å²) in [6, 6.07) is 10.7. The van der Waals surface area contributed by atoms with Gasteiger partial charge in [0.2, 0.25) is 0 Å². The van der Waals surface area contributed by atoms with Crippen LogP contribution in [-0.2, 0) is 14.6 Å². The molecule has 0 saturated heterocycles. The Kier molecular flexibility index (Phi) is 5.57. The number of carbonyl (C=O) groups excluding carboxylic acids is 1. The Morgan fingerprint density at radius 2 is 1.63 bits per heavy atom. The van der Waals surface area contributed by atoms with Gasteiger partial charge in [0, 0.05) is 18.0 Å². The Bertz CT molecular complexity index is 1170. The Morgan fingerprint density at radius 3 is 2.13 bits per heavy atom. The van der Waals surface area contributed by atoms with Crippen LogP contribution in [0.1, 0.15) is 10.4 Å². The van der Waals surface area contributed by atoms with Gasteiger partial charge in [0.1, 0.15) is 17.0 Å². The van der Waals surface area contributed by atoms with Crippen molar-refractivity contribution in [2.24, 2.45) is 0 Å². The number of carbonyl (C=O) groups is 1. The second-order valence-electron chi connectivity index (χ2n) is 6.17. The monoisotopic (exact) mass is 440 g/mol. The molecule has 30 heavy (non-hydrogen) atoms. The highest BCUT2D eigenvalue weighted by Crippen LogP contribution is 2.27. The number of hydrogen-bond donors (Lipinski definition) is 0. The van der Waals surface area contributed by atoms with Crippen LogP contribution in [0.3, 0.4) is 0 Å². The smallest absolute Gasteiger partial charge is 0.465 e. The highest BCUT2D eigenvalue weighted by molar-refractivity contribution is 7.90. The summed E-state index contributed by atoms with van der Waals surface area (Å²) in [5.74, 6) is -1.08. The third kappa shape index (κ3) is 4.79. The average molecular weight is 440 g/mol. The number of halogens is 3. The van der Waals surface area contributed by atoms with Crippen LogP contribution in [0, 0.1) is 0 Å². The number of hydrogen-bond acceptors (Lipinski definition) is 6. The van der Waals surface area contributed by atoms with Crippen LogP contribution in [0.25, 0.3) is 16.9 Å². The van der Waals surface area contributed by atoms with Gasteiger partial charge in [-0.15, -0.1) is 13.2 Å². The standard InChI is InChI=1S/C19H15F3N2O5S/c1-28-18(25)16-11-24(13-5-7-14(8-6-13)29-19(20,21)22)23-17(16)12-3-9-15(10-4-12)30(2,26)27/h3-11H,1-2H3. The van der Waals surface area contributed by atoms with Crippen molar-refractivity contribution in [2.75, 3.05) is 13.4 Å². The molecule has 0 amide bonds. The minimum atomic E-state index is -4.81. The van der Waals surface area contributed by atoms with Crippen LogP contribution in [0.15, 0.2) is 59.6 Å². The van der Waals surface area contributed by atoms with E-state index in [9.17, 15) is 26.4 Å². The SMILES string of the molecule is COC(=O)c1cn(-c2ccc(OC(F)(F)F)cc2)nc1-c1ccc(S(C)(=O)=O)cc1. The normalized spacial score (nSPS) is 11.9. The molecule has 3 aromatic rings. The molecule has 0 radical (unpaired) electrons. The second kappa shape index (κ2) is 7.82.